The number of nitrogens with one attached hydrogen (secondary N) is 1. The van der Waals surface area contributed by atoms with E-state index in [4.69, 9.17) is 4.52 Å². The minimum Gasteiger partial charge on any atom is -0.360 e. The van der Waals surface area contributed by atoms with Gasteiger partial charge in [-0.25, -0.2) is 4.68 Å². The smallest absolute Gasteiger partial charge is 0.296 e. The fraction of sp³-hybridized carbons (Fsp3) is 0.333. The van der Waals surface area contributed by atoms with E-state index in [-0.39, 0.29) is 11.5 Å². The Labute approximate surface area is 144 Å². The second-order valence-corrected chi connectivity index (χ2v) is 5.94. The van der Waals surface area contributed by atoms with Gasteiger partial charge in [-0.3, -0.25) is 9.59 Å². The Bertz CT molecular complexity index is 944. The molecule has 1 aromatic carbocycles. The molecule has 1 N–H and O–H groups in total. The highest BCUT2D eigenvalue weighted by molar-refractivity contribution is 5.81. The van der Waals surface area contributed by atoms with Crippen molar-refractivity contribution < 1.29 is 9.32 Å². The third-order valence-electron chi connectivity index (χ3n) is 4.04. The van der Waals surface area contributed by atoms with Crippen LogP contribution >= 0.6 is 0 Å². The number of aryl methyl sites for hydroxylation is 3. The van der Waals surface area contributed by atoms with E-state index in [0.29, 0.717) is 48.3 Å². The maximum Gasteiger partial charge on any atom is 0.296 e. The molecule has 0 aliphatic heterocycles. The van der Waals surface area contributed by atoms with Crippen LogP contribution in [0.3, 0.4) is 0 Å². The minimum atomic E-state index is -0.290. The Morgan fingerprint density at radius 3 is 2.76 bits per heavy atom. The van der Waals surface area contributed by atoms with Crippen molar-refractivity contribution in [2.24, 2.45) is 0 Å². The van der Waals surface area contributed by atoms with E-state index in [9.17, 15) is 9.59 Å². The predicted octanol–water partition coefficient (Wildman–Crippen LogP) is 2.10. The molecule has 0 saturated heterocycles. The molecule has 2 aromatic heterocycles. The van der Waals surface area contributed by atoms with Crippen LogP contribution in [0.25, 0.3) is 10.9 Å². The third-order valence-corrected chi connectivity index (χ3v) is 4.04. The Hall–Kier alpha value is -2.96. The molecule has 130 valence electrons. The largest absolute Gasteiger partial charge is 0.360 e. The summed E-state index contributed by atoms with van der Waals surface area (Å²) in [6, 6.07) is 9.72. The van der Waals surface area contributed by atoms with Crippen molar-refractivity contribution in [3.8, 4) is 0 Å². The lowest BCUT2D eigenvalue weighted by Crippen LogP contribution is -2.26. The van der Waals surface area contributed by atoms with E-state index < -0.39 is 0 Å². The summed E-state index contributed by atoms with van der Waals surface area (Å²) < 4.78 is 6.43. The summed E-state index contributed by atoms with van der Waals surface area (Å²) in [5, 5.41) is 11.7. The van der Waals surface area contributed by atoms with Gasteiger partial charge in [0.2, 0.25) is 5.91 Å². The first-order chi connectivity index (χ1) is 12.1. The Morgan fingerprint density at radius 1 is 1.24 bits per heavy atom. The number of hydrogen-bond donors (Lipinski definition) is 1. The van der Waals surface area contributed by atoms with Crippen molar-refractivity contribution in [1.29, 1.82) is 0 Å². The number of hydrogen-bond acceptors (Lipinski definition) is 5. The van der Waals surface area contributed by atoms with Crippen molar-refractivity contribution >= 4 is 16.8 Å². The summed E-state index contributed by atoms with van der Waals surface area (Å²) in [5.41, 5.74) is 1.75. The maximum absolute atomic E-state index is 12.4. The summed E-state index contributed by atoms with van der Waals surface area (Å²) in [5.74, 6) is 0.538. The molecule has 7 heteroatoms. The number of nitrogens with zero attached hydrogens (tertiary/aromatic N) is 3. The number of fused-ring (bicyclic) bond motifs is 1. The molecule has 0 unspecified atom stereocenters. The number of amides is 1. The van der Waals surface area contributed by atoms with Crippen LogP contribution in [0, 0.1) is 13.8 Å². The van der Waals surface area contributed by atoms with Gasteiger partial charge in [0.05, 0.1) is 11.1 Å². The molecule has 0 aliphatic carbocycles. The predicted molar refractivity (Wildman–Crippen MR) is 93.1 cm³/mol. The first-order valence-electron chi connectivity index (χ1n) is 8.20. The van der Waals surface area contributed by atoms with Crippen molar-refractivity contribution in [1.82, 2.24) is 20.3 Å². The maximum atomic E-state index is 12.4. The summed E-state index contributed by atoms with van der Waals surface area (Å²) in [6.45, 7) is 4.43. The second-order valence-electron chi connectivity index (χ2n) is 5.94. The number of aromatic nitrogens is 3. The van der Waals surface area contributed by atoms with Gasteiger partial charge in [-0.05, 0) is 25.8 Å². The average molecular weight is 340 g/mol. The van der Waals surface area contributed by atoms with Crippen molar-refractivity contribution in [3.63, 3.8) is 0 Å². The molecule has 1 amide bonds. The first kappa shape index (κ1) is 16.9. The lowest BCUT2D eigenvalue weighted by molar-refractivity contribution is -0.121. The number of carbonyl (C=O) groups is 1. The SMILES string of the molecule is Cc1nn(CCCC(=O)NCc2ccccc2)c(=O)c2noc(C)c12. The fourth-order valence-electron chi connectivity index (χ4n) is 2.77. The zero-order chi connectivity index (χ0) is 17.8. The third kappa shape index (κ3) is 3.76. The second kappa shape index (κ2) is 7.29. The monoisotopic (exact) mass is 340 g/mol. The molecular formula is C18H20N4O3. The summed E-state index contributed by atoms with van der Waals surface area (Å²) in [6.07, 6.45) is 0.852. The van der Waals surface area contributed by atoms with E-state index in [1.807, 2.05) is 37.3 Å². The van der Waals surface area contributed by atoms with Crippen LogP contribution in [-0.4, -0.2) is 20.8 Å². The van der Waals surface area contributed by atoms with Gasteiger partial charge in [0.1, 0.15) is 5.76 Å². The van der Waals surface area contributed by atoms with Gasteiger partial charge in [0.25, 0.3) is 5.56 Å². The van der Waals surface area contributed by atoms with Crippen molar-refractivity contribution in [2.75, 3.05) is 0 Å². The topological polar surface area (TPSA) is 90.0 Å². The van der Waals surface area contributed by atoms with Crippen molar-refractivity contribution in [2.45, 2.75) is 39.8 Å². The molecule has 7 nitrogen and oxygen atoms in total. The molecule has 0 fully saturated rings. The van der Waals surface area contributed by atoms with E-state index in [0.717, 1.165) is 5.56 Å². The standard InChI is InChI=1S/C18H20N4O3/c1-12-16-13(2)25-21-17(16)18(24)22(20-12)10-6-9-15(23)19-11-14-7-4-3-5-8-14/h3-5,7-8H,6,9-11H2,1-2H3,(H,19,23). The number of benzene rings is 1. The van der Waals surface area contributed by atoms with Gasteiger partial charge in [-0.2, -0.15) is 5.10 Å². The molecule has 0 bridgehead atoms. The minimum absolute atomic E-state index is 0.0491. The molecule has 0 spiro atoms. The van der Waals surface area contributed by atoms with Crippen LogP contribution in [-0.2, 0) is 17.9 Å². The normalized spacial score (nSPS) is 11.0. The number of rotatable bonds is 6. The highest BCUT2D eigenvalue weighted by atomic mass is 16.5. The molecular weight excluding hydrogens is 320 g/mol. The van der Waals surface area contributed by atoms with Crippen LogP contribution < -0.4 is 10.9 Å². The molecule has 0 aliphatic rings. The average Bonchev–Trinajstić information content (AvgIpc) is 3.01. The van der Waals surface area contributed by atoms with Gasteiger partial charge >= 0.3 is 0 Å². The van der Waals surface area contributed by atoms with Crippen LogP contribution in [0.2, 0.25) is 0 Å². The molecule has 0 radical (unpaired) electrons. The van der Waals surface area contributed by atoms with E-state index in [1.54, 1.807) is 6.92 Å². The molecule has 3 rings (SSSR count). The zero-order valence-electron chi connectivity index (χ0n) is 14.3. The van der Waals surface area contributed by atoms with E-state index in [1.165, 1.54) is 4.68 Å². The summed E-state index contributed by atoms with van der Waals surface area (Å²) in [4.78, 5) is 24.3. The summed E-state index contributed by atoms with van der Waals surface area (Å²) in [7, 11) is 0. The fourth-order valence-corrected chi connectivity index (χ4v) is 2.77. The summed E-state index contributed by atoms with van der Waals surface area (Å²) >= 11 is 0. The van der Waals surface area contributed by atoms with Gasteiger partial charge in [0.15, 0.2) is 5.52 Å². The van der Waals surface area contributed by atoms with E-state index in [2.05, 4.69) is 15.6 Å². The molecule has 2 heterocycles. The van der Waals surface area contributed by atoms with Crippen LogP contribution in [0.4, 0.5) is 0 Å². The molecule has 25 heavy (non-hydrogen) atoms. The van der Waals surface area contributed by atoms with Crippen LogP contribution in [0.5, 0.6) is 0 Å². The van der Waals surface area contributed by atoms with Gasteiger partial charge in [-0.1, -0.05) is 35.5 Å². The highest BCUT2D eigenvalue weighted by Gasteiger charge is 2.15. The van der Waals surface area contributed by atoms with Gasteiger partial charge < -0.3 is 9.84 Å². The zero-order valence-corrected chi connectivity index (χ0v) is 14.3. The van der Waals surface area contributed by atoms with Crippen LogP contribution in [0.15, 0.2) is 39.6 Å². The molecule has 0 saturated carbocycles. The Balaban J connectivity index is 1.57. The quantitative estimate of drug-likeness (QED) is 0.742. The Kier molecular flexibility index (Phi) is 4.92. The molecule has 0 atom stereocenters. The van der Waals surface area contributed by atoms with Crippen LogP contribution in [0.1, 0.15) is 29.9 Å². The highest BCUT2D eigenvalue weighted by Crippen LogP contribution is 2.16. The Morgan fingerprint density at radius 2 is 2.00 bits per heavy atom. The lowest BCUT2D eigenvalue weighted by atomic mass is 10.2. The first-order valence-corrected chi connectivity index (χ1v) is 8.20. The lowest BCUT2D eigenvalue weighted by Gasteiger charge is -2.07. The van der Waals surface area contributed by atoms with Crippen molar-refractivity contribution in [3.05, 3.63) is 57.7 Å². The number of carbonyl (C=O) groups excluding carboxylic acids is 1. The van der Waals surface area contributed by atoms with Gasteiger partial charge in [0, 0.05) is 19.5 Å². The van der Waals surface area contributed by atoms with E-state index >= 15 is 0 Å². The van der Waals surface area contributed by atoms with Gasteiger partial charge in [-0.15, -0.1) is 0 Å². The molecule has 3 aromatic rings.